The first-order valence-electron chi connectivity index (χ1n) is 16.1. The number of rotatable bonds is 4. The molecule has 4 heterocycles. The van der Waals surface area contributed by atoms with Gasteiger partial charge in [0.2, 0.25) is 5.95 Å². The lowest BCUT2D eigenvalue weighted by Gasteiger charge is -2.12. The van der Waals surface area contributed by atoms with Gasteiger partial charge in [0, 0.05) is 26.6 Å². The summed E-state index contributed by atoms with van der Waals surface area (Å²) in [4.78, 5) is 29.4. The van der Waals surface area contributed by atoms with Gasteiger partial charge in [-0.05, 0) is 59.7 Å². The second-order valence-electron chi connectivity index (χ2n) is 12.1. The van der Waals surface area contributed by atoms with Gasteiger partial charge in [-0.1, -0.05) is 114 Å². The third-order valence-electron chi connectivity index (χ3n) is 9.21. The second kappa shape index (κ2) is 10.8. The minimum atomic E-state index is -0.0462. The van der Waals surface area contributed by atoms with Gasteiger partial charge in [-0.15, -0.1) is 0 Å². The van der Waals surface area contributed by atoms with E-state index in [0.29, 0.717) is 16.3 Å². The second-order valence-corrected chi connectivity index (χ2v) is 13.1. The van der Waals surface area contributed by atoms with Crippen LogP contribution >= 0.6 is 11.3 Å². The molecule has 0 unspecified atom stereocenters. The Morgan fingerprint density at radius 2 is 1.08 bits per heavy atom. The number of hydrogen-bond acceptors (Lipinski definition) is 5. The van der Waals surface area contributed by atoms with Crippen LogP contribution in [-0.4, -0.2) is 23.9 Å². The first-order valence-corrected chi connectivity index (χ1v) is 16.9. The summed E-state index contributed by atoms with van der Waals surface area (Å²) in [5.41, 5.74) is 9.55. The number of hydrogen-bond donors (Lipinski definition) is 0. The van der Waals surface area contributed by atoms with E-state index in [1.165, 1.54) is 11.3 Å². The number of aromatic nitrogens is 5. The quantitative estimate of drug-likeness (QED) is 0.191. The maximum Gasteiger partial charge on any atom is 0.266 e. The summed E-state index contributed by atoms with van der Waals surface area (Å²) < 4.78 is 4.80. The lowest BCUT2D eigenvalue weighted by atomic mass is 10.0. The first kappa shape index (κ1) is 27.7. The molecule has 0 fully saturated rings. The Labute approximate surface area is 283 Å². The zero-order valence-electron chi connectivity index (χ0n) is 26.0. The van der Waals surface area contributed by atoms with Crippen LogP contribution in [-0.2, 0) is 0 Å². The molecule has 0 amide bonds. The first-order chi connectivity index (χ1) is 24.2. The van der Waals surface area contributed by atoms with Crippen LogP contribution in [0.25, 0.3) is 87.5 Å². The van der Waals surface area contributed by atoms with Crippen molar-refractivity contribution in [1.82, 2.24) is 23.9 Å². The average molecular weight is 648 g/mol. The standard InChI is InChI=1S/C42H25N5OS/c48-40-31-21-19-29(24-39(31)49-42-45-33-16-8-10-18-38(33)47(40)42)28-20-22-37-32(23-28)30-15-7-9-17-36(30)46(37)41-43-34(26-11-3-1-4-12-26)25-35(44-41)27-13-5-2-6-14-27/h1-25H. The van der Waals surface area contributed by atoms with Crippen molar-refractivity contribution in [3.63, 3.8) is 0 Å². The molecule has 6 nitrogen and oxygen atoms in total. The largest absolute Gasteiger partial charge is 0.278 e. The SMILES string of the molecule is O=c1c2ccc(-c3ccc4c(c3)c3ccccc3n4-c3nc(-c4ccccc4)cc(-c4ccccc4)n3)cc2sc2nc3ccccc3n12. The van der Waals surface area contributed by atoms with E-state index in [9.17, 15) is 4.79 Å². The number of imidazole rings is 1. The summed E-state index contributed by atoms with van der Waals surface area (Å²) >= 11 is 1.54. The average Bonchev–Trinajstić information content (AvgIpc) is 3.70. The van der Waals surface area contributed by atoms with Gasteiger partial charge in [-0.3, -0.25) is 9.36 Å². The molecular formula is C42H25N5OS. The van der Waals surface area contributed by atoms with Crippen LogP contribution in [0.4, 0.5) is 0 Å². The Balaban J connectivity index is 1.17. The molecule has 0 aliphatic rings. The van der Waals surface area contributed by atoms with Gasteiger partial charge in [0.15, 0.2) is 4.96 Å². The van der Waals surface area contributed by atoms with E-state index in [1.807, 2.05) is 72.8 Å². The van der Waals surface area contributed by atoms with E-state index in [4.69, 9.17) is 15.0 Å². The van der Waals surface area contributed by atoms with E-state index < -0.39 is 0 Å². The molecule has 0 aliphatic heterocycles. The molecule has 0 spiro atoms. The van der Waals surface area contributed by atoms with Crippen molar-refractivity contribution in [2.24, 2.45) is 0 Å². The van der Waals surface area contributed by atoms with Crippen LogP contribution in [0.3, 0.4) is 0 Å². The molecule has 10 aromatic rings. The number of fused-ring (bicyclic) bond motifs is 7. The highest BCUT2D eigenvalue weighted by Crippen LogP contribution is 2.36. The fraction of sp³-hybridized carbons (Fsp3) is 0. The predicted octanol–water partition coefficient (Wildman–Crippen LogP) is 9.95. The lowest BCUT2D eigenvalue weighted by molar-refractivity contribution is 0.995. The van der Waals surface area contributed by atoms with Crippen molar-refractivity contribution < 1.29 is 0 Å². The van der Waals surface area contributed by atoms with Crippen LogP contribution in [0, 0.1) is 0 Å². The maximum atomic E-state index is 13.6. The Bertz CT molecular complexity index is 2900. The Hall–Kier alpha value is -6.44. The molecule has 6 aromatic carbocycles. The normalized spacial score (nSPS) is 11.8. The zero-order chi connectivity index (χ0) is 32.5. The van der Waals surface area contributed by atoms with Crippen molar-refractivity contribution in [2.45, 2.75) is 0 Å². The summed E-state index contributed by atoms with van der Waals surface area (Å²) in [7, 11) is 0. The van der Waals surface area contributed by atoms with Gasteiger partial charge < -0.3 is 0 Å². The van der Waals surface area contributed by atoms with Gasteiger partial charge in [0.05, 0.1) is 38.8 Å². The summed E-state index contributed by atoms with van der Waals surface area (Å²) in [6.07, 6.45) is 0. The van der Waals surface area contributed by atoms with Crippen LogP contribution in [0.1, 0.15) is 0 Å². The third-order valence-corrected chi connectivity index (χ3v) is 10.2. The highest BCUT2D eigenvalue weighted by Gasteiger charge is 2.18. The van der Waals surface area contributed by atoms with E-state index in [2.05, 4.69) is 83.4 Å². The van der Waals surface area contributed by atoms with Crippen molar-refractivity contribution >= 4 is 59.2 Å². The molecule has 49 heavy (non-hydrogen) atoms. The lowest BCUT2D eigenvalue weighted by Crippen LogP contribution is -2.11. The number of para-hydroxylation sites is 3. The molecule has 10 rings (SSSR count). The minimum Gasteiger partial charge on any atom is -0.278 e. The van der Waals surface area contributed by atoms with E-state index in [-0.39, 0.29) is 5.56 Å². The molecule has 0 saturated heterocycles. The smallest absolute Gasteiger partial charge is 0.266 e. The predicted molar refractivity (Wildman–Crippen MR) is 201 cm³/mol. The third kappa shape index (κ3) is 4.40. The number of nitrogens with zero attached hydrogens (tertiary/aromatic N) is 5. The fourth-order valence-corrected chi connectivity index (χ4v) is 7.93. The van der Waals surface area contributed by atoms with Crippen LogP contribution < -0.4 is 5.56 Å². The van der Waals surface area contributed by atoms with Gasteiger partial charge in [-0.25, -0.2) is 19.4 Å². The van der Waals surface area contributed by atoms with Crippen molar-refractivity contribution in [2.75, 3.05) is 0 Å². The summed E-state index contributed by atoms with van der Waals surface area (Å²) in [6, 6.07) is 51.4. The number of benzene rings is 6. The molecule has 0 aliphatic carbocycles. The van der Waals surface area contributed by atoms with E-state index >= 15 is 0 Å². The summed E-state index contributed by atoms with van der Waals surface area (Å²) in [6.45, 7) is 0. The molecule has 0 atom stereocenters. The Kier molecular flexibility index (Phi) is 6.10. The van der Waals surface area contributed by atoms with Crippen LogP contribution in [0.2, 0.25) is 0 Å². The van der Waals surface area contributed by atoms with Crippen LogP contribution in [0.5, 0.6) is 0 Å². The molecule has 230 valence electrons. The topological polar surface area (TPSA) is 65.1 Å². The highest BCUT2D eigenvalue weighted by atomic mass is 32.1. The molecule has 0 bridgehead atoms. The molecule has 4 aromatic heterocycles. The van der Waals surface area contributed by atoms with Crippen molar-refractivity contribution in [3.05, 3.63) is 162 Å². The monoisotopic (exact) mass is 647 g/mol. The van der Waals surface area contributed by atoms with E-state index in [1.54, 1.807) is 4.40 Å². The molecule has 0 radical (unpaired) electrons. The van der Waals surface area contributed by atoms with Gasteiger partial charge in [0.25, 0.3) is 5.56 Å². The van der Waals surface area contributed by atoms with Gasteiger partial charge >= 0.3 is 0 Å². The van der Waals surface area contributed by atoms with Crippen molar-refractivity contribution in [1.29, 1.82) is 0 Å². The highest BCUT2D eigenvalue weighted by molar-refractivity contribution is 7.23. The molecule has 0 N–H and O–H groups in total. The summed E-state index contributed by atoms with van der Waals surface area (Å²) in [5.74, 6) is 0.616. The Morgan fingerprint density at radius 1 is 0.469 bits per heavy atom. The minimum absolute atomic E-state index is 0.0462. The maximum absolute atomic E-state index is 13.6. The van der Waals surface area contributed by atoms with Crippen LogP contribution in [0.15, 0.2) is 156 Å². The van der Waals surface area contributed by atoms with Gasteiger partial charge in [-0.2, -0.15) is 0 Å². The Morgan fingerprint density at radius 3 is 1.84 bits per heavy atom. The van der Waals surface area contributed by atoms with E-state index in [0.717, 1.165) is 71.2 Å². The van der Waals surface area contributed by atoms with Gasteiger partial charge in [0.1, 0.15) is 0 Å². The fourth-order valence-electron chi connectivity index (χ4n) is 6.87. The molecular weight excluding hydrogens is 623 g/mol. The molecule has 0 saturated carbocycles. The zero-order valence-corrected chi connectivity index (χ0v) is 26.8. The summed E-state index contributed by atoms with van der Waals surface area (Å²) in [5, 5.41) is 2.91. The molecule has 7 heteroatoms. The van der Waals surface area contributed by atoms with Crippen molar-refractivity contribution in [3.8, 4) is 39.6 Å².